The third-order valence-corrected chi connectivity index (χ3v) is 3.67. The molecular weight excluding hydrogens is 320 g/mol. The van der Waals surface area contributed by atoms with Crippen LogP contribution in [0.1, 0.15) is 16.1 Å². The van der Waals surface area contributed by atoms with Gasteiger partial charge in [0.2, 0.25) is 0 Å². The van der Waals surface area contributed by atoms with Gasteiger partial charge in [0.25, 0.3) is 0 Å². The summed E-state index contributed by atoms with van der Waals surface area (Å²) in [4.78, 5) is 11.8. The normalized spacial score (nSPS) is 10.2. The fraction of sp³-hybridized carbons (Fsp3) is 0.0769. The fourth-order valence-corrected chi connectivity index (χ4v) is 2.21. The Bertz CT molecular complexity index is 781. The second kappa shape index (κ2) is 5.64. The number of hydrogen-bond donors (Lipinski definition) is 1. The molecule has 0 unspecified atom stereocenters. The number of esters is 1. The molecule has 0 fully saturated rings. The van der Waals surface area contributed by atoms with Crippen LogP contribution < -0.4 is 5.73 Å². The first-order valence-electron chi connectivity index (χ1n) is 5.55. The number of aromatic nitrogens is 1. The summed E-state index contributed by atoms with van der Waals surface area (Å²) in [5.74, 6) is -1.46. The third-order valence-electron chi connectivity index (χ3n) is 2.82. The van der Waals surface area contributed by atoms with Gasteiger partial charge in [0.1, 0.15) is 11.9 Å². The molecule has 2 N–H and O–H groups in total. The molecular formula is C13H8Cl2FN3O2. The van der Waals surface area contributed by atoms with Gasteiger partial charge in [-0.05, 0) is 12.1 Å². The molecule has 8 heteroatoms. The zero-order chi connectivity index (χ0) is 15.7. The van der Waals surface area contributed by atoms with Crippen molar-refractivity contribution >= 4 is 34.9 Å². The van der Waals surface area contributed by atoms with Crippen LogP contribution in [0.15, 0.2) is 18.3 Å². The molecule has 2 aromatic rings. The molecule has 0 atom stereocenters. The average Bonchev–Trinajstić information content (AvgIpc) is 2.80. The molecule has 1 heterocycles. The van der Waals surface area contributed by atoms with Crippen molar-refractivity contribution in [2.24, 2.45) is 0 Å². The van der Waals surface area contributed by atoms with E-state index >= 15 is 0 Å². The van der Waals surface area contributed by atoms with Gasteiger partial charge in [-0.2, -0.15) is 5.26 Å². The fourth-order valence-electron chi connectivity index (χ4n) is 1.81. The van der Waals surface area contributed by atoms with E-state index in [-0.39, 0.29) is 32.7 Å². The molecule has 0 saturated heterocycles. The van der Waals surface area contributed by atoms with Crippen molar-refractivity contribution in [2.45, 2.75) is 0 Å². The number of methoxy groups -OCH3 is 1. The lowest BCUT2D eigenvalue weighted by Gasteiger charge is -2.11. The second-order valence-electron chi connectivity index (χ2n) is 3.97. The molecule has 21 heavy (non-hydrogen) atoms. The first-order chi connectivity index (χ1) is 9.92. The molecule has 1 aromatic heterocycles. The first-order valence-corrected chi connectivity index (χ1v) is 6.31. The summed E-state index contributed by atoms with van der Waals surface area (Å²) in [5, 5.41) is 8.61. The van der Waals surface area contributed by atoms with Crippen molar-refractivity contribution in [1.82, 2.24) is 4.57 Å². The zero-order valence-electron chi connectivity index (χ0n) is 10.7. The number of halogens is 3. The van der Waals surface area contributed by atoms with Crippen LogP contribution in [0.3, 0.4) is 0 Å². The highest BCUT2D eigenvalue weighted by Gasteiger charge is 2.23. The number of carbonyl (C=O) groups is 1. The zero-order valence-corrected chi connectivity index (χ0v) is 12.2. The number of nitrogens with zero attached hydrogens (tertiary/aromatic N) is 2. The number of nitriles is 1. The Morgan fingerprint density at radius 1 is 1.43 bits per heavy atom. The summed E-state index contributed by atoms with van der Waals surface area (Å²) < 4.78 is 19.2. The lowest BCUT2D eigenvalue weighted by molar-refractivity contribution is 0.0593. The van der Waals surface area contributed by atoms with Crippen LogP contribution in [0.4, 0.5) is 10.1 Å². The molecule has 0 aliphatic rings. The number of hydrogen-bond acceptors (Lipinski definition) is 4. The van der Waals surface area contributed by atoms with Gasteiger partial charge in [-0.15, -0.1) is 0 Å². The summed E-state index contributed by atoms with van der Waals surface area (Å²) in [7, 11) is 1.17. The smallest absolute Gasteiger partial charge is 0.357 e. The molecule has 0 saturated carbocycles. The largest absolute Gasteiger partial charge is 0.464 e. The molecule has 5 nitrogen and oxygen atoms in total. The molecule has 0 aliphatic heterocycles. The van der Waals surface area contributed by atoms with Crippen LogP contribution >= 0.6 is 23.2 Å². The van der Waals surface area contributed by atoms with E-state index in [1.165, 1.54) is 23.9 Å². The molecule has 0 bridgehead atoms. The number of carbonyl (C=O) groups excluding carboxylic acids is 1. The predicted molar refractivity (Wildman–Crippen MR) is 76.2 cm³/mol. The average molecular weight is 328 g/mol. The Morgan fingerprint density at radius 2 is 2.10 bits per heavy atom. The van der Waals surface area contributed by atoms with Gasteiger partial charge in [-0.1, -0.05) is 23.2 Å². The Kier molecular flexibility index (Phi) is 4.07. The van der Waals surface area contributed by atoms with Crippen LogP contribution in [-0.4, -0.2) is 17.6 Å². The summed E-state index contributed by atoms with van der Waals surface area (Å²) in [5.41, 5.74) is 5.88. The number of nitrogen functional groups attached to an aromatic ring is 1. The topological polar surface area (TPSA) is 81.0 Å². The van der Waals surface area contributed by atoms with Gasteiger partial charge in [-0.3, -0.25) is 0 Å². The van der Waals surface area contributed by atoms with Crippen LogP contribution in [0.2, 0.25) is 10.0 Å². The van der Waals surface area contributed by atoms with Crippen LogP contribution in [-0.2, 0) is 4.74 Å². The number of ether oxygens (including phenoxy) is 1. The first kappa shape index (κ1) is 15.2. The minimum atomic E-state index is -0.759. The van der Waals surface area contributed by atoms with Crippen molar-refractivity contribution in [2.75, 3.05) is 12.8 Å². The number of benzene rings is 1. The number of anilines is 1. The van der Waals surface area contributed by atoms with E-state index in [9.17, 15) is 9.18 Å². The highest BCUT2D eigenvalue weighted by Crippen LogP contribution is 2.34. The van der Waals surface area contributed by atoms with Crippen LogP contribution in [0.25, 0.3) is 5.69 Å². The van der Waals surface area contributed by atoms with Crippen LogP contribution in [0, 0.1) is 17.1 Å². The van der Waals surface area contributed by atoms with E-state index in [0.29, 0.717) is 0 Å². The Balaban J connectivity index is 2.79. The molecule has 108 valence electrons. The maximum atomic E-state index is 13.4. The lowest BCUT2D eigenvalue weighted by Crippen LogP contribution is -2.11. The van der Waals surface area contributed by atoms with Gasteiger partial charge in [0.05, 0.1) is 34.1 Å². The lowest BCUT2D eigenvalue weighted by atomic mass is 10.2. The van der Waals surface area contributed by atoms with E-state index in [0.717, 1.165) is 6.07 Å². The van der Waals surface area contributed by atoms with Gasteiger partial charge >= 0.3 is 5.97 Å². The molecule has 2 rings (SSSR count). The van der Waals surface area contributed by atoms with E-state index in [1.807, 2.05) is 6.07 Å². The van der Waals surface area contributed by atoms with E-state index < -0.39 is 11.8 Å². The van der Waals surface area contributed by atoms with Crippen molar-refractivity contribution in [3.63, 3.8) is 0 Å². The molecule has 1 aromatic carbocycles. The van der Waals surface area contributed by atoms with Crippen molar-refractivity contribution in [1.29, 1.82) is 5.26 Å². The highest BCUT2D eigenvalue weighted by molar-refractivity contribution is 6.43. The number of nitrogens with two attached hydrogens (primary N) is 1. The maximum Gasteiger partial charge on any atom is 0.357 e. The molecule has 0 spiro atoms. The Hall–Kier alpha value is -2.23. The van der Waals surface area contributed by atoms with Crippen LogP contribution in [0.5, 0.6) is 0 Å². The van der Waals surface area contributed by atoms with Gasteiger partial charge in [-0.25, -0.2) is 9.18 Å². The van der Waals surface area contributed by atoms with E-state index in [4.69, 9.17) is 34.2 Å². The monoisotopic (exact) mass is 327 g/mol. The van der Waals surface area contributed by atoms with Crippen molar-refractivity contribution in [3.8, 4) is 11.8 Å². The van der Waals surface area contributed by atoms with Gasteiger partial charge in [0.15, 0.2) is 5.69 Å². The van der Waals surface area contributed by atoms with Crippen molar-refractivity contribution in [3.05, 3.63) is 45.4 Å². The Morgan fingerprint density at radius 3 is 2.67 bits per heavy atom. The standard InChI is InChI=1S/C13H8Cl2FN3O2/c1-21-13(20)12-11(18)6(4-17)5-19(12)8-3-2-7(16)9(14)10(8)15/h2-3,5H,18H2,1H3. The number of rotatable bonds is 2. The van der Waals surface area contributed by atoms with Crippen molar-refractivity contribution < 1.29 is 13.9 Å². The summed E-state index contributed by atoms with van der Waals surface area (Å²) in [6.07, 6.45) is 1.30. The molecule has 0 amide bonds. The third kappa shape index (κ3) is 2.42. The molecule has 0 aliphatic carbocycles. The summed E-state index contributed by atoms with van der Waals surface area (Å²) in [6.45, 7) is 0. The SMILES string of the molecule is COC(=O)c1c(N)c(C#N)cn1-c1ccc(F)c(Cl)c1Cl. The minimum absolute atomic E-state index is 0.0548. The highest BCUT2D eigenvalue weighted by atomic mass is 35.5. The second-order valence-corrected chi connectivity index (χ2v) is 4.73. The Labute approximate surface area is 129 Å². The van der Waals surface area contributed by atoms with Gasteiger partial charge < -0.3 is 15.0 Å². The quantitative estimate of drug-likeness (QED) is 0.678. The van der Waals surface area contributed by atoms with E-state index in [2.05, 4.69) is 4.74 Å². The predicted octanol–water partition coefficient (Wildman–Crippen LogP) is 3.16. The van der Waals surface area contributed by atoms with E-state index in [1.54, 1.807) is 0 Å². The minimum Gasteiger partial charge on any atom is -0.464 e. The molecule has 0 radical (unpaired) electrons. The summed E-state index contributed by atoms with van der Waals surface area (Å²) >= 11 is 11.7. The van der Waals surface area contributed by atoms with Gasteiger partial charge in [0, 0.05) is 6.20 Å². The summed E-state index contributed by atoms with van der Waals surface area (Å²) in [6, 6.07) is 4.25. The maximum absolute atomic E-state index is 13.4.